The highest BCUT2D eigenvalue weighted by Gasteiger charge is 2.10. The molecule has 0 unspecified atom stereocenters. The van der Waals surface area contributed by atoms with Gasteiger partial charge < -0.3 is 5.32 Å². The summed E-state index contributed by atoms with van der Waals surface area (Å²) in [5.41, 5.74) is 2.58. The molecule has 0 radical (unpaired) electrons. The number of anilines is 1. The van der Waals surface area contributed by atoms with Gasteiger partial charge in [0, 0.05) is 18.0 Å². The molecule has 1 aliphatic carbocycles. The number of nitrogens with one attached hydrogen (secondary N) is 2. The Bertz CT molecular complexity index is 778. The monoisotopic (exact) mass is 357 g/mol. The van der Waals surface area contributed by atoms with Gasteiger partial charge in [-0.1, -0.05) is 56.5 Å². The quantitative estimate of drug-likeness (QED) is 0.599. The third-order valence-corrected chi connectivity index (χ3v) is 4.84. The second kappa shape index (κ2) is 8.81. The molecular weight excluding hydrogens is 334 g/mol. The first kappa shape index (κ1) is 17.7. The van der Waals surface area contributed by atoms with E-state index in [1.54, 1.807) is 13.2 Å². The van der Waals surface area contributed by atoms with Gasteiger partial charge in [-0.25, -0.2) is 0 Å². The molecule has 6 heteroatoms. The molecule has 5 nitrogen and oxygen atoms in total. The van der Waals surface area contributed by atoms with E-state index in [0.717, 1.165) is 28.0 Å². The lowest BCUT2D eigenvalue weighted by Crippen LogP contribution is -1.95. The van der Waals surface area contributed by atoms with Crippen molar-refractivity contribution in [3.8, 4) is 11.3 Å². The molecule has 0 bridgehead atoms. The summed E-state index contributed by atoms with van der Waals surface area (Å²) in [5.74, 6) is 0.730. The van der Waals surface area contributed by atoms with E-state index in [2.05, 4.69) is 25.7 Å². The number of fused-ring (bicyclic) bond motifs is 1. The predicted molar refractivity (Wildman–Crippen MR) is 104 cm³/mol. The maximum atomic E-state index is 6.10. The number of aromatic amines is 1. The molecule has 2 N–H and O–H groups in total. The van der Waals surface area contributed by atoms with Crippen molar-refractivity contribution in [2.75, 3.05) is 12.4 Å². The summed E-state index contributed by atoms with van der Waals surface area (Å²) in [6.45, 7) is 0. The van der Waals surface area contributed by atoms with Crippen LogP contribution < -0.4 is 5.32 Å². The third kappa shape index (κ3) is 4.48. The van der Waals surface area contributed by atoms with Gasteiger partial charge in [-0.2, -0.15) is 5.10 Å². The number of aromatic nitrogens is 4. The second-order valence-corrected chi connectivity index (χ2v) is 6.69. The van der Waals surface area contributed by atoms with Crippen molar-refractivity contribution < 1.29 is 0 Å². The van der Waals surface area contributed by atoms with Crippen LogP contribution in [-0.2, 0) is 0 Å². The summed E-state index contributed by atoms with van der Waals surface area (Å²) < 4.78 is 0. The lowest BCUT2D eigenvalue weighted by molar-refractivity contribution is 0.702. The summed E-state index contributed by atoms with van der Waals surface area (Å²) in [7, 11) is 1.80. The van der Waals surface area contributed by atoms with Crippen LogP contribution in [0.5, 0.6) is 0 Å². The molecule has 1 fully saturated rings. The number of hydrogen-bond acceptors (Lipinski definition) is 4. The molecule has 1 saturated carbocycles. The Morgan fingerprint density at radius 3 is 2.16 bits per heavy atom. The van der Waals surface area contributed by atoms with Gasteiger partial charge in [0.15, 0.2) is 0 Å². The Hall–Kier alpha value is -2.14. The van der Waals surface area contributed by atoms with Crippen molar-refractivity contribution >= 4 is 28.3 Å². The first-order valence-electron chi connectivity index (χ1n) is 8.93. The summed E-state index contributed by atoms with van der Waals surface area (Å²) in [6, 6.07) is 7.52. The van der Waals surface area contributed by atoms with Gasteiger partial charge in [-0.3, -0.25) is 5.10 Å². The predicted octanol–water partition coefficient (Wildman–Crippen LogP) is 5.45. The highest BCUT2D eigenvalue weighted by molar-refractivity contribution is 6.35. The van der Waals surface area contributed by atoms with Gasteiger partial charge in [0.25, 0.3) is 0 Å². The molecule has 0 aliphatic heterocycles. The van der Waals surface area contributed by atoms with Gasteiger partial charge in [-0.05, 0) is 24.3 Å². The average Bonchev–Trinajstić information content (AvgIpc) is 2.96. The molecule has 0 atom stereocenters. The molecule has 2 aromatic heterocycles. The molecule has 3 aromatic rings. The van der Waals surface area contributed by atoms with Gasteiger partial charge in [0.05, 0.1) is 22.4 Å². The maximum absolute atomic E-state index is 6.10. The summed E-state index contributed by atoms with van der Waals surface area (Å²) in [4.78, 5) is 0. The van der Waals surface area contributed by atoms with Crippen LogP contribution in [0.15, 0.2) is 30.5 Å². The molecule has 0 saturated heterocycles. The Kier molecular flexibility index (Phi) is 6.23. The smallest absolute Gasteiger partial charge is 0.148 e. The third-order valence-electron chi connectivity index (χ3n) is 4.51. The van der Waals surface area contributed by atoms with Crippen LogP contribution in [0.3, 0.4) is 0 Å². The standard InChI is InChI=1S/C12H10ClN5.C7H14/c1-14-11-5-4-10(16-17-11)7-2-3-9(13)8-6-15-18-12(7)8;1-2-4-6-7-5-3-1/h2-6H,1H3,(H,14,17)(H,15,18);1-7H2. The topological polar surface area (TPSA) is 66.5 Å². The van der Waals surface area contributed by atoms with E-state index in [9.17, 15) is 0 Å². The van der Waals surface area contributed by atoms with Crippen molar-refractivity contribution in [2.24, 2.45) is 0 Å². The molecular formula is C19H24ClN5. The van der Waals surface area contributed by atoms with Crippen molar-refractivity contribution in [2.45, 2.75) is 44.9 Å². The van der Waals surface area contributed by atoms with Crippen LogP contribution in [0.1, 0.15) is 44.9 Å². The Morgan fingerprint density at radius 1 is 0.920 bits per heavy atom. The first-order chi connectivity index (χ1) is 12.3. The van der Waals surface area contributed by atoms with Crippen molar-refractivity contribution in [3.63, 3.8) is 0 Å². The number of benzene rings is 1. The van der Waals surface area contributed by atoms with Crippen LogP contribution in [-0.4, -0.2) is 27.4 Å². The number of halogens is 1. The zero-order valence-electron chi connectivity index (χ0n) is 14.6. The van der Waals surface area contributed by atoms with Crippen molar-refractivity contribution in [1.29, 1.82) is 0 Å². The number of rotatable bonds is 2. The van der Waals surface area contributed by atoms with Crippen LogP contribution in [0.25, 0.3) is 22.2 Å². The van der Waals surface area contributed by atoms with Crippen LogP contribution in [0.2, 0.25) is 5.02 Å². The fraction of sp³-hybridized carbons (Fsp3) is 0.421. The zero-order chi connectivity index (χ0) is 17.5. The summed E-state index contributed by atoms with van der Waals surface area (Å²) in [5, 5.41) is 19.7. The van der Waals surface area contributed by atoms with Gasteiger partial charge in [0.2, 0.25) is 0 Å². The van der Waals surface area contributed by atoms with Crippen molar-refractivity contribution in [3.05, 3.63) is 35.5 Å². The highest BCUT2D eigenvalue weighted by atomic mass is 35.5. The normalized spacial score (nSPS) is 14.5. The number of hydrogen-bond donors (Lipinski definition) is 2. The largest absolute Gasteiger partial charge is 0.372 e. The first-order valence-corrected chi connectivity index (χ1v) is 9.31. The minimum atomic E-state index is 0.669. The van der Waals surface area contributed by atoms with Crippen LogP contribution >= 0.6 is 11.6 Å². The fourth-order valence-corrected chi connectivity index (χ4v) is 3.27. The SMILES string of the molecule is C1CCCCCC1.CNc1ccc(-c2ccc(Cl)c3cn[nH]c23)nn1. The van der Waals surface area contributed by atoms with E-state index in [4.69, 9.17) is 11.6 Å². The van der Waals surface area contributed by atoms with Crippen LogP contribution in [0, 0.1) is 0 Å². The highest BCUT2D eigenvalue weighted by Crippen LogP contribution is 2.30. The maximum Gasteiger partial charge on any atom is 0.148 e. The summed E-state index contributed by atoms with van der Waals surface area (Å²) in [6.07, 6.45) is 12.2. The molecule has 132 valence electrons. The Morgan fingerprint density at radius 2 is 1.60 bits per heavy atom. The van der Waals surface area contributed by atoms with E-state index in [-0.39, 0.29) is 0 Å². The molecule has 0 amide bonds. The Labute approximate surface area is 153 Å². The second-order valence-electron chi connectivity index (χ2n) is 6.28. The van der Waals surface area contributed by atoms with Gasteiger partial charge in [-0.15, -0.1) is 10.2 Å². The lowest BCUT2D eigenvalue weighted by atomic mass is 10.1. The average molecular weight is 358 g/mol. The van der Waals surface area contributed by atoms with E-state index in [1.165, 1.54) is 44.9 Å². The fourth-order valence-electron chi connectivity index (χ4n) is 3.06. The van der Waals surface area contributed by atoms with Gasteiger partial charge >= 0.3 is 0 Å². The molecule has 1 aromatic carbocycles. The number of H-pyrrole nitrogens is 1. The number of nitrogens with zero attached hydrogens (tertiary/aromatic N) is 3. The zero-order valence-corrected chi connectivity index (χ0v) is 15.3. The molecule has 1 aliphatic rings. The lowest BCUT2D eigenvalue weighted by Gasteiger charge is -2.04. The molecule has 0 spiro atoms. The van der Waals surface area contributed by atoms with Gasteiger partial charge in [0.1, 0.15) is 5.82 Å². The van der Waals surface area contributed by atoms with Crippen LogP contribution in [0.4, 0.5) is 5.82 Å². The van der Waals surface area contributed by atoms with E-state index >= 15 is 0 Å². The molecule has 2 heterocycles. The minimum absolute atomic E-state index is 0.669. The van der Waals surface area contributed by atoms with Crippen molar-refractivity contribution in [1.82, 2.24) is 20.4 Å². The molecule has 25 heavy (non-hydrogen) atoms. The summed E-state index contributed by atoms with van der Waals surface area (Å²) >= 11 is 6.10. The van der Waals surface area contributed by atoms with E-state index in [0.29, 0.717) is 5.02 Å². The molecule has 4 rings (SSSR count). The Balaban J connectivity index is 0.000000219. The van der Waals surface area contributed by atoms with E-state index < -0.39 is 0 Å². The van der Waals surface area contributed by atoms with E-state index in [1.807, 2.05) is 24.3 Å². The minimum Gasteiger partial charge on any atom is -0.372 e.